The second kappa shape index (κ2) is 8.73. The molecule has 2 aromatic rings. The highest BCUT2D eigenvalue weighted by molar-refractivity contribution is 7.90. The van der Waals surface area contributed by atoms with Crippen LogP contribution in [0.5, 0.6) is 5.75 Å². The minimum Gasteiger partial charge on any atom is -0.496 e. The SMILES string of the molecule is COc1ccccc1C(CNC(=O)c1ccc(Cl)c(S(C)(=O)=O)c1)N(C)C. The number of carbonyl (C=O) groups is 1. The van der Waals surface area contributed by atoms with Crippen LogP contribution in [0.15, 0.2) is 47.4 Å². The zero-order chi connectivity index (χ0) is 20.2. The first-order chi connectivity index (χ1) is 12.6. The van der Waals surface area contributed by atoms with E-state index in [-0.39, 0.29) is 27.4 Å². The number of amides is 1. The van der Waals surface area contributed by atoms with Gasteiger partial charge in [0.15, 0.2) is 9.84 Å². The third kappa shape index (κ3) is 5.22. The number of methoxy groups -OCH3 is 1. The standard InChI is InChI=1S/C19H23ClN2O4S/c1-22(2)16(14-7-5-6-8-17(14)26-3)12-21-19(23)13-9-10-15(20)18(11-13)27(4,24)25/h5-11,16H,12H2,1-4H3,(H,21,23). The first-order valence-corrected chi connectivity index (χ1v) is 10.5. The molecule has 1 unspecified atom stereocenters. The molecule has 1 amide bonds. The predicted molar refractivity (Wildman–Crippen MR) is 106 cm³/mol. The van der Waals surface area contributed by atoms with Gasteiger partial charge in [0.1, 0.15) is 5.75 Å². The molecule has 2 rings (SSSR count). The van der Waals surface area contributed by atoms with Crippen LogP contribution in [0.3, 0.4) is 0 Å². The molecular formula is C19H23ClN2O4S. The number of sulfone groups is 1. The van der Waals surface area contributed by atoms with Crippen molar-refractivity contribution in [3.63, 3.8) is 0 Å². The number of hydrogen-bond acceptors (Lipinski definition) is 5. The molecule has 0 aromatic heterocycles. The highest BCUT2D eigenvalue weighted by atomic mass is 35.5. The van der Waals surface area contributed by atoms with Gasteiger partial charge in [-0.25, -0.2) is 8.42 Å². The number of benzene rings is 2. The van der Waals surface area contributed by atoms with Crippen molar-refractivity contribution in [2.24, 2.45) is 0 Å². The number of ether oxygens (including phenoxy) is 1. The summed E-state index contributed by atoms with van der Waals surface area (Å²) >= 11 is 5.94. The van der Waals surface area contributed by atoms with E-state index < -0.39 is 9.84 Å². The Labute approximate surface area is 165 Å². The predicted octanol–water partition coefficient (Wildman–Crippen LogP) is 2.78. The molecular weight excluding hydrogens is 388 g/mol. The molecule has 0 aliphatic carbocycles. The Bertz CT molecular complexity index is 929. The lowest BCUT2D eigenvalue weighted by Gasteiger charge is -2.26. The number of rotatable bonds is 7. The molecule has 146 valence electrons. The van der Waals surface area contributed by atoms with Crippen LogP contribution in [0.1, 0.15) is 22.0 Å². The van der Waals surface area contributed by atoms with Gasteiger partial charge in [0.25, 0.3) is 5.91 Å². The summed E-state index contributed by atoms with van der Waals surface area (Å²) in [6, 6.07) is 11.7. The summed E-state index contributed by atoms with van der Waals surface area (Å²) in [5.74, 6) is 0.356. The van der Waals surface area contributed by atoms with E-state index in [0.717, 1.165) is 17.6 Å². The zero-order valence-electron chi connectivity index (χ0n) is 15.7. The van der Waals surface area contributed by atoms with E-state index in [4.69, 9.17) is 16.3 Å². The number of nitrogens with one attached hydrogen (secondary N) is 1. The summed E-state index contributed by atoms with van der Waals surface area (Å²) in [5.41, 5.74) is 1.18. The zero-order valence-corrected chi connectivity index (χ0v) is 17.3. The van der Waals surface area contributed by atoms with Crippen molar-refractivity contribution >= 4 is 27.3 Å². The smallest absolute Gasteiger partial charge is 0.251 e. The van der Waals surface area contributed by atoms with Crippen LogP contribution in [-0.2, 0) is 9.84 Å². The summed E-state index contributed by atoms with van der Waals surface area (Å²) in [5, 5.41) is 2.95. The quantitative estimate of drug-likeness (QED) is 0.759. The van der Waals surface area contributed by atoms with Gasteiger partial charge < -0.3 is 15.0 Å². The molecule has 27 heavy (non-hydrogen) atoms. The van der Waals surface area contributed by atoms with Crippen LogP contribution < -0.4 is 10.1 Å². The van der Waals surface area contributed by atoms with Gasteiger partial charge in [0.05, 0.1) is 23.1 Å². The van der Waals surface area contributed by atoms with Crippen LogP contribution in [0.25, 0.3) is 0 Å². The highest BCUT2D eigenvalue weighted by Crippen LogP contribution is 2.27. The molecule has 6 nitrogen and oxygen atoms in total. The van der Waals surface area contributed by atoms with Crippen molar-refractivity contribution in [1.82, 2.24) is 10.2 Å². The van der Waals surface area contributed by atoms with Crippen molar-refractivity contribution < 1.29 is 17.9 Å². The number of halogens is 1. The summed E-state index contributed by atoms with van der Waals surface area (Å²) in [6.45, 7) is 0.322. The molecule has 0 heterocycles. The molecule has 0 spiro atoms. The maximum atomic E-state index is 12.5. The second-order valence-electron chi connectivity index (χ2n) is 6.35. The average Bonchev–Trinajstić information content (AvgIpc) is 2.61. The summed E-state index contributed by atoms with van der Waals surface area (Å²) in [4.78, 5) is 14.5. The Morgan fingerprint density at radius 1 is 1.22 bits per heavy atom. The number of nitrogens with zero attached hydrogens (tertiary/aromatic N) is 1. The van der Waals surface area contributed by atoms with E-state index in [1.54, 1.807) is 7.11 Å². The highest BCUT2D eigenvalue weighted by Gasteiger charge is 2.20. The molecule has 0 saturated heterocycles. The number of likely N-dealkylation sites (N-methyl/N-ethyl adjacent to an activating group) is 1. The van der Waals surface area contributed by atoms with Crippen LogP contribution in [0.2, 0.25) is 5.02 Å². The normalized spacial score (nSPS) is 12.7. The lowest BCUT2D eigenvalue weighted by molar-refractivity contribution is 0.0941. The third-order valence-corrected chi connectivity index (χ3v) is 5.75. The molecule has 1 N–H and O–H groups in total. The molecule has 0 aliphatic heterocycles. The maximum Gasteiger partial charge on any atom is 0.251 e. The van der Waals surface area contributed by atoms with E-state index >= 15 is 0 Å². The van der Waals surface area contributed by atoms with E-state index in [1.807, 2.05) is 43.3 Å². The van der Waals surface area contributed by atoms with Crippen molar-refractivity contribution in [2.75, 3.05) is 34.0 Å². The molecule has 0 saturated carbocycles. The van der Waals surface area contributed by atoms with Gasteiger partial charge in [0.2, 0.25) is 0 Å². The van der Waals surface area contributed by atoms with E-state index in [9.17, 15) is 13.2 Å². The fourth-order valence-electron chi connectivity index (χ4n) is 2.73. The van der Waals surface area contributed by atoms with Gasteiger partial charge in [0, 0.05) is 23.9 Å². The van der Waals surface area contributed by atoms with Gasteiger partial charge in [-0.15, -0.1) is 0 Å². The van der Waals surface area contributed by atoms with E-state index in [1.165, 1.54) is 18.2 Å². The summed E-state index contributed by atoms with van der Waals surface area (Å²) < 4.78 is 29.0. The van der Waals surface area contributed by atoms with Crippen molar-refractivity contribution in [2.45, 2.75) is 10.9 Å². The lowest BCUT2D eigenvalue weighted by Crippen LogP contribution is -2.34. The fourth-order valence-corrected chi connectivity index (χ4v) is 4.03. The first-order valence-electron chi connectivity index (χ1n) is 8.22. The molecule has 2 aromatic carbocycles. The van der Waals surface area contributed by atoms with Gasteiger partial charge in [-0.3, -0.25) is 4.79 Å². The van der Waals surface area contributed by atoms with Crippen molar-refractivity contribution in [3.05, 3.63) is 58.6 Å². The van der Waals surface area contributed by atoms with Crippen LogP contribution in [-0.4, -0.2) is 53.2 Å². The Morgan fingerprint density at radius 3 is 2.48 bits per heavy atom. The van der Waals surface area contributed by atoms with Gasteiger partial charge in [-0.05, 0) is 38.4 Å². The topological polar surface area (TPSA) is 75.7 Å². The van der Waals surface area contributed by atoms with Crippen LogP contribution >= 0.6 is 11.6 Å². The summed E-state index contributed by atoms with van der Waals surface area (Å²) in [6.07, 6.45) is 1.06. The lowest BCUT2D eigenvalue weighted by atomic mass is 10.0. The van der Waals surface area contributed by atoms with Gasteiger partial charge in [-0.2, -0.15) is 0 Å². The minimum atomic E-state index is -3.52. The van der Waals surface area contributed by atoms with Gasteiger partial charge >= 0.3 is 0 Å². The molecule has 0 aliphatic rings. The maximum absolute atomic E-state index is 12.5. The molecule has 1 atom stereocenters. The van der Waals surface area contributed by atoms with Crippen LogP contribution in [0.4, 0.5) is 0 Å². The number of carbonyl (C=O) groups excluding carboxylic acids is 1. The second-order valence-corrected chi connectivity index (χ2v) is 8.74. The fraction of sp³-hybridized carbons (Fsp3) is 0.316. The molecule has 0 fully saturated rings. The molecule has 8 heteroatoms. The molecule has 0 radical (unpaired) electrons. The van der Waals surface area contributed by atoms with Crippen molar-refractivity contribution in [1.29, 1.82) is 0 Å². The average molecular weight is 411 g/mol. The van der Waals surface area contributed by atoms with Crippen molar-refractivity contribution in [3.8, 4) is 5.75 Å². The Balaban J connectivity index is 2.22. The van der Waals surface area contributed by atoms with Gasteiger partial charge in [-0.1, -0.05) is 29.8 Å². The van der Waals surface area contributed by atoms with E-state index in [0.29, 0.717) is 6.54 Å². The van der Waals surface area contributed by atoms with E-state index in [2.05, 4.69) is 5.32 Å². The monoisotopic (exact) mass is 410 g/mol. The summed E-state index contributed by atoms with van der Waals surface area (Å²) in [7, 11) is 1.90. The third-order valence-electron chi connectivity index (χ3n) is 4.17. The Kier molecular flexibility index (Phi) is 6.86. The Hall–Kier alpha value is -2.09. The van der Waals surface area contributed by atoms with Crippen LogP contribution in [0, 0.1) is 0 Å². The molecule has 0 bridgehead atoms. The first kappa shape index (κ1) is 21.2. The number of hydrogen-bond donors (Lipinski definition) is 1. The number of para-hydroxylation sites is 1. The minimum absolute atomic E-state index is 0.0642. The Morgan fingerprint density at radius 2 is 1.89 bits per heavy atom. The largest absolute Gasteiger partial charge is 0.496 e.